The Balaban J connectivity index is 1.20. The van der Waals surface area contributed by atoms with Crippen molar-refractivity contribution in [2.24, 2.45) is 29.2 Å². The van der Waals surface area contributed by atoms with Gasteiger partial charge in [-0.2, -0.15) is 0 Å². The highest BCUT2D eigenvalue weighted by atomic mass is 16.6. The second-order valence-corrected chi connectivity index (χ2v) is 18.6. The summed E-state index contributed by atoms with van der Waals surface area (Å²) in [6, 6.07) is 5.03. The number of ether oxygens (including phenoxy) is 5. The van der Waals surface area contributed by atoms with Crippen LogP contribution in [-0.2, 0) is 54.3 Å². The topological polar surface area (TPSA) is 289 Å². The van der Waals surface area contributed by atoms with E-state index in [2.05, 4.69) is 28.2 Å². The van der Waals surface area contributed by atoms with E-state index < -0.39 is 60.1 Å². The number of urea groups is 1. The molecule has 1 aromatic rings. The van der Waals surface area contributed by atoms with Crippen molar-refractivity contribution < 1.29 is 62.4 Å². The molecular formula is C49H72N6O13. The van der Waals surface area contributed by atoms with Gasteiger partial charge in [-0.15, -0.1) is 0 Å². The van der Waals surface area contributed by atoms with Crippen LogP contribution in [0.3, 0.4) is 0 Å². The van der Waals surface area contributed by atoms with Crippen LogP contribution in [-0.4, -0.2) is 121 Å². The van der Waals surface area contributed by atoms with E-state index in [1.54, 1.807) is 37.3 Å². The fourth-order valence-electron chi connectivity index (χ4n) is 8.15. The first-order valence-electron chi connectivity index (χ1n) is 23.4. The quantitative estimate of drug-likeness (QED) is 0.0255. The van der Waals surface area contributed by atoms with Gasteiger partial charge in [-0.1, -0.05) is 56.7 Å². The third-order valence-corrected chi connectivity index (χ3v) is 12.3. The van der Waals surface area contributed by atoms with Crippen LogP contribution in [0.1, 0.15) is 99.0 Å². The summed E-state index contributed by atoms with van der Waals surface area (Å²) in [7, 11) is 0. The van der Waals surface area contributed by atoms with Crippen LogP contribution >= 0.6 is 0 Å². The third kappa shape index (κ3) is 18.2. The van der Waals surface area contributed by atoms with Crippen molar-refractivity contribution in [3.05, 3.63) is 65.8 Å². The van der Waals surface area contributed by atoms with Crippen molar-refractivity contribution in [2.75, 3.05) is 25.0 Å². The van der Waals surface area contributed by atoms with Crippen molar-refractivity contribution in [2.45, 2.75) is 154 Å². The molecule has 3 aliphatic heterocycles. The number of epoxide rings is 1. The molecule has 19 heteroatoms. The first-order chi connectivity index (χ1) is 32.1. The molecule has 4 rings (SSSR count). The van der Waals surface area contributed by atoms with Crippen molar-refractivity contribution >= 4 is 47.2 Å². The number of ketones is 2. The zero-order valence-electron chi connectivity index (χ0n) is 40.3. The summed E-state index contributed by atoms with van der Waals surface area (Å²) >= 11 is 0. The Morgan fingerprint density at radius 3 is 2.35 bits per heavy atom. The number of benzene rings is 1. The standard InChI is InChI=1S/C49H72N6O13/c1-28(2)44(50)40(58)22-35(9-8-20-52-47(51)62)46(61)54-36-15-13-34(14-16-36)26-64-48(63)53-25-37(57)23-38-24-49(27-65-49)45(60)42(68-38)18-11-29(3)10-17-41-30(4)21-39(32(6)67-41)55-43(59)19-12-31(5)66-33(7)56/h10-16,18-19,28,30-32,35,38-39,41-42,44-45,60H,8-9,17,20-27,50H2,1-7H3,(H,53,63)(H,54,61)(H,55,59)(H3,51,52,62)/b18-11+,19-12-,29-10+/t30-,31-,32+,35+,38+,39+,41-,42+,44-,45+,49+/m0/s1. The molecule has 0 saturated carbocycles. The fourth-order valence-corrected chi connectivity index (χ4v) is 8.15. The lowest BCUT2D eigenvalue weighted by molar-refractivity contribution is -0.144. The van der Waals surface area contributed by atoms with Crippen LogP contribution in [0.25, 0.3) is 0 Å². The van der Waals surface area contributed by atoms with Gasteiger partial charge in [0.2, 0.25) is 11.8 Å². The molecule has 0 radical (unpaired) electrons. The Labute approximate surface area is 398 Å². The lowest BCUT2D eigenvalue weighted by atomic mass is 9.87. The van der Waals surface area contributed by atoms with E-state index in [9.17, 15) is 38.7 Å². The minimum Gasteiger partial charge on any atom is -0.459 e. The molecule has 9 N–H and O–H groups in total. The lowest BCUT2D eigenvalue weighted by Gasteiger charge is -2.39. The van der Waals surface area contributed by atoms with Crippen molar-refractivity contribution in [1.29, 1.82) is 0 Å². The number of rotatable bonds is 24. The first kappa shape index (κ1) is 55.1. The van der Waals surface area contributed by atoms with E-state index in [4.69, 9.17) is 35.2 Å². The van der Waals surface area contributed by atoms with Gasteiger partial charge in [0.1, 0.15) is 30.5 Å². The SMILES string of the molecule is CC(=O)O[C@@H](C)/C=C\C(=O)N[C@@H]1C[C@H](C)[C@H](C/C=C(C)/C=C/[C@H]2O[C@H](CC(=O)CNC(=O)OCc3ccc(NC(=O)[C@H](CCCNC(N)=O)CC(=O)[C@@H](N)C(C)C)cc3)C[C@@]3(CO3)[C@@H]2O)O[C@@H]1C. The Hall–Kier alpha value is -5.47. The number of amides is 5. The van der Waals surface area contributed by atoms with Gasteiger partial charge in [0.25, 0.3) is 0 Å². The van der Waals surface area contributed by atoms with Gasteiger partial charge < -0.3 is 61.5 Å². The van der Waals surface area contributed by atoms with Crippen molar-refractivity contribution in [3.63, 3.8) is 0 Å². The molecule has 0 aliphatic carbocycles. The number of aliphatic hydroxyl groups excluding tert-OH is 1. The number of primary amides is 1. The summed E-state index contributed by atoms with van der Waals surface area (Å²) in [6.45, 7) is 12.8. The number of carbonyl (C=O) groups excluding carboxylic acids is 7. The van der Waals surface area contributed by atoms with Crippen LogP contribution < -0.4 is 32.7 Å². The Morgan fingerprint density at radius 2 is 1.71 bits per heavy atom. The van der Waals surface area contributed by atoms with E-state index in [1.807, 2.05) is 39.8 Å². The predicted molar refractivity (Wildman–Crippen MR) is 252 cm³/mol. The minimum atomic E-state index is -0.935. The maximum absolute atomic E-state index is 13.2. The van der Waals surface area contributed by atoms with Gasteiger partial charge in [-0.25, -0.2) is 9.59 Å². The molecule has 376 valence electrons. The summed E-state index contributed by atoms with van der Waals surface area (Å²) < 4.78 is 28.5. The smallest absolute Gasteiger partial charge is 0.407 e. The number of nitrogens with one attached hydrogen (secondary N) is 4. The van der Waals surface area contributed by atoms with Crippen molar-refractivity contribution in [1.82, 2.24) is 16.0 Å². The van der Waals surface area contributed by atoms with Crippen LogP contribution in [0.15, 0.2) is 60.2 Å². The largest absolute Gasteiger partial charge is 0.459 e. The summed E-state index contributed by atoms with van der Waals surface area (Å²) in [4.78, 5) is 86.2. The number of hydrogen-bond donors (Lipinski definition) is 7. The average Bonchev–Trinajstić information content (AvgIpc) is 4.05. The third-order valence-electron chi connectivity index (χ3n) is 12.3. The van der Waals surface area contributed by atoms with E-state index in [-0.39, 0.29) is 86.0 Å². The number of allylic oxidation sites excluding steroid dienone is 2. The van der Waals surface area contributed by atoms with Gasteiger partial charge in [0.05, 0.1) is 43.5 Å². The Kier molecular flexibility index (Phi) is 21.3. The summed E-state index contributed by atoms with van der Waals surface area (Å²) in [6.07, 6.45) is 7.06. The molecular weight excluding hydrogens is 881 g/mol. The molecule has 19 nitrogen and oxygen atoms in total. The molecule has 11 atom stereocenters. The fraction of sp³-hybridized carbons (Fsp3) is 0.612. The van der Waals surface area contributed by atoms with E-state index in [1.165, 1.54) is 19.1 Å². The maximum atomic E-state index is 13.2. The van der Waals surface area contributed by atoms with Gasteiger partial charge in [-0.3, -0.25) is 24.0 Å². The number of nitrogens with two attached hydrogens (primary N) is 2. The van der Waals surface area contributed by atoms with Gasteiger partial charge >= 0.3 is 18.1 Å². The van der Waals surface area contributed by atoms with E-state index in [0.717, 1.165) is 12.0 Å². The first-order valence-corrected chi connectivity index (χ1v) is 23.4. The second kappa shape index (κ2) is 26.3. The normalized spacial score (nSPS) is 26.1. The van der Waals surface area contributed by atoms with Crippen LogP contribution in [0.5, 0.6) is 0 Å². The molecule has 68 heavy (non-hydrogen) atoms. The molecule has 0 unspecified atom stereocenters. The van der Waals surface area contributed by atoms with Crippen LogP contribution in [0.4, 0.5) is 15.3 Å². The number of anilines is 1. The summed E-state index contributed by atoms with van der Waals surface area (Å²) in [5.41, 5.74) is 12.4. The molecule has 1 aromatic carbocycles. The number of alkyl carbamates (subject to hydrolysis) is 1. The molecule has 5 amide bonds. The molecule has 1 spiro atoms. The zero-order valence-corrected chi connectivity index (χ0v) is 40.3. The highest BCUT2D eigenvalue weighted by Gasteiger charge is 2.58. The second-order valence-electron chi connectivity index (χ2n) is 18.6. The minimum absolute atomic E-state index is 0.0193. The predicted octanol–water partition coefficient (Wildman–Crippen LogP) is 3.80. The monoisotopic (exact) mass is 953 g/mol. The van der Waals surface area contributed by atoms with Crippen LogP contribution in [0, 0.1) is 17.8 Å². The molecule has 3 heterocycles. The maximum Gasteiger partial charge on any atom is 0.407 e. The zero-order chi connectivity index (χ0) is 50.1. The highest BCUT2D eigenvalue weighted by molar-refractivity contribution is 5.96. The Bertz CT molecular complexity index is 2000. The average molecular weight is 953 g/mol. The number of hydrogen-bond acceptors (Lipinski definition) is 14. The molecule has 3 aliphatic rings. The number of Topliss-reactive ketones (excluding diaryl/α,β-unsaturated/α-hetero) is 2. The van der Waals surface area contributed by atoms with Crippen molar-refractivity contribution in [3.8, 4) is 0 Å². The molecule has 0 bridgehead atoms. The summed E-state index contributed by atoms with van der Waals surface area (Å²) in [5.74, 6) is -2.24. The van der Waals surface area contributed by atoms with E-state index >= 15 is 0 Å². The lowest BCUT2D eigenvalue weighted by Crippen LogP contribution is -2.50. The number of carbonyl (C=O) groups is 7. The van der Waals surface area contributed by atoms with Crippen LogP contribution in [0.2, 0.25) is 0 Å². The summed E-state index contributed by atoms with van der Waals surface area (Å²) in [5, 5.41) is 21.9. The molecule has 3 fully saturated rings. The molecule has 0 aromatic heterocycles. The number of aliphatic hydroxyl groups is 1. The van der Waals surface area contributed by atoms with Gasteiger partial charge in [0.15, 0.2) is 11.6 Å². The Morgan fingerprint density at radius 1 is 1.00 bits per heavy atom. The van der Waals surface area contributed by atoms with E-state index in [0.29, 0.717) is 43.5 Å². The van der Waals surface area contributed by atoms with Gasteiger partial charge in [-0.05, 0) is 82.1 Å². The molecule has 3 saturated heterocycles. The number of esters is 1. The van der Waals surface area contributed by atoms with Gasteiger partial charge in [0, 0.05) is 50.4 Å². The highest BCUT2D eigenvalue weighted by Crippen LogP contribution is 2.43.